The van der Waals surface area contributed by atoms with Gasteiger partial charge in [-0.3, -0.25) is 0 Å². The molecule has 6 heteroatoms. The van der Waals surface area contributed by atoms with Crippen LogP contribution in [0.5, 0.6) is 23.0 Å². The van der Waals surface area contributed by atoms with Crippen LogP contribution in [-0.4, -0.2) is 26.7 Å². The van der Waals surface area contributed by atoms with Crippen LogP contribution in [0.1, 0.15) is 20.3 Å². The molecule has 0 saturated carbocycles. The summed E-state index contributed by atoms with van der Waals surface area (Å²) < 4.78 is 5.52. The Balaban J connectivity index is 2.24. The van der Waals surface area contributed by atoms with Crippen LogP contribution in [-0.2, 0) is 0 Å². The molecular weight excluding hydrogens is 316 g/mol. The largest absolute Gasteiger partial charge is 0.508 e. The summed E-state index contributed by atoms with van der Waals surface area (Å²) in [4.78, 5) is 1.16. The van der Waals surface area contributed by atoms with Crippen molar-refractivity contribution in [2.24, 2.45) is 5.92 Å². The summed E-state index contributed by atoms with van der Waals surface area (Å²) in [6, 6.07) is 8.86. The number of aliphatic hydroxyl groups excluding tert-OH is 1. The highest BCUT2D eigenvalue weighted by Crippen LogP contribution is 2.41. The predicted molar refractivity (Wildman–Crippen MR) is 88.1 cm³/mol. The Morgan fingerprint density at radius 2 is 1.57 bits per heavy atom. The average molecular weight is 336 g/mol. The third kappa shape index (κ3) is 4.97. The number of hydrogen-bond donors (Lipinski definition) is 4. The van der Waals surface area contributed by atoms with Gasteiger partial charge in [0.05, 0.1) is 9.79 Å². The van der Waals surface area contributed by atoms with Crippen LogP contribution in [0.3, 0.4) is 0 Å². The quantitative estimate of drug-likeness (QED) is 0.602. The molecule has 1 unspecified atom stereocenters. The van der Waals surface area contributed by atoms with Crippen molar-refractivity contribution in [2.45, 2.75) is 36.3 Å². The van der Waals surface area contributed by atoms with Gasteiger partial charge in [-0.05, 0) is 30.2 Å². The molecule has 0 spiro atoms. The number of benzene rings is 2. The third-order valence-corrected chi connectivity index (χ3v) is 4.15. The van der Waals surface area contributed by atoms with Gasteiger partial charge in [0.25, 0.3) is 0 Å². The Morgan fingerprint density at radius 1 is 0.957 bits per heavy atom. The van der Waals surface area contributed by atoms with Gasteiger partial charge >= 0.3 is 0 Å². The van der Waals surface area contributed by atoms with Crippen molar-refractivity contribution in [3.63, 3.8) is 0 Å². The first-order valence-electron chi connectivity index (χ1n) is 7.22. The second kappa shape index (κ2) is 7.48. The summed E-state index contributed by atoms with van der Waals surface area (Å²) in [6.07, 6.45) is -0.519. The van der Waals surface area contributed by atoms with Crippen LogP contribution >= 0.6 is 11.8 Å². The molecule has 0 fully saturated rings. The molecule has 0 bridgehead atoms. The highest BCUT2D eigenvalue weighted by Gasteiger charge is 2.15. The molecule has 1 atom stereocenters. The van der Waals surface area contributed by atoms with Crippen molar-refractivity contribution in [1.29, 1.82) is 0 Å². The first-order valence-corrected chi connectivity index (χ1v) is 8.04. The minimum atomic E-state index is -0.982. The predicted octanol–water partition coefficient (Wildman–Crippen LogP) is 3.70. The van der Waals surface area contributed by atoms with E-state index in [4.69, 9.17) is 4.74 Å². The average Bonchev–Trinajstić information content (AvgIpc) is 2.43. The van der Waals surface area contributed by atoms with E-state index in [1.54, 1.807) is 12.1 Å². The zero-order chi connectivity index (χ0) is 17.0. The number of phenolic OH excluding ortho intramolecular Hbond substituents is 3. The van der Waals surface area contributed by atoms with E-state index in [0.29, 0.717) is 22.0 Å². The minimum absolute atomic E-state index is 0.0241. The van der Waals surface area contributed by atoms with Crippen molar-refractivity contribution in [3.8, 4) is 23.0 Å². The van der Waals surface area contributed by atoms with E-state index in [1.807, 2.05) is 13.8 Å². The first-order chi connectivity index (χ1) is 10.8. The first kappa shape index (κ1) is 17.3. The van der Waals surface area contributed by atoms with Crippen molar-refractivity contribution < 1.29 is 25.2 Å². The summed E-state index contributed by atoms with van der Waals surface area (Å²) in [7, 11) is 0. The molecule has 124 valence electrons. The van der Waals surface area contributed by atoms with Gasteiger partial charge in [-0.25, -0.2) is 0 Å². The molecule has 5 nitrogen and oxygen atoms in total. The molecule has 0 amide bonds. The lowest BCUT2D eigenvalue weighted by atomic mass is 10.1. The van der Waals surface area contributed by atoms with Gasteiger partial charge in [0, 0.05) is 18.6 Å². The molecule has 0 aliphatic heterocycles. The molecule has 4 N–H and O–H groups in total. The summed E-state index contributed by atoms with van der Waals surface area (Å²) in [5, 5.41) is 38.8. The van der Waals surface area contributed by atoms with Crippen LogP contribution < -0.4 is 4.74 Å². The number of rotatable bonds is 6. The Hall–Kier alpha value is -2.05. The summed E-state index contributed by atoms with van der Waals surface area (Å²) >= 11 is 1.21. The molecular formula is C17H20O5S. The van der Waals surface area contributed by atoms with E-state index in [2.05, 4.69) is 0 Å². The van der Waals surface area contributed by atoms with Gasteiger partial charge in [0.2, 0.25) is 0 Å². The number of aliphatic hydroxyl groups is 1. The topological polar surface area (TPSA) is 90.2 Å². The lowest BCUT2D eigenvalue weighted by Gasteiger charge is -2.18. The van der Waals surface area contributed by atoms with Crippen molar-refractivity contribution >= 4 is 11.8 Å². The standard InChI is InChI=1S/C17H20O5S/c1-10(2)7-17(21)22-14-9-12(19)4-6-16(14)23-15-5-3-11(18)8-13(15)20/h3-6,8-10,17-21H,7H2,1-2H3. The van der Waals surface area contributed by atoms with Crippen molar-refractivity contribution in [3.05, 3.63) is 36.4 Å². The van der Waals surface area contributed by atoms with Gasteiger partial charge < -0.3 is 25.2 Å². The molecule has 2 aromatic rings. The highest BCUT2D eigenvalue weighted by molar-refractivity contribution is 7.99. The molecule has 0 aliphatic carbocycles. The van der Waals surface area contributed by atoms with Crippen molar-refractivity contribution in [1.82, 2.24) is 0 Å². The van der Waals surface area contributed by atoms with E-state index < -0.39 is 6.29 Å². The molecule has 0 aromatic heterocycles. The number of phenols is 3. The second-order valence-electron chi connectivity index (χ2n) is 5.59. The Bertz CT molecular complexity index is 672. The molecule has 0 heterocycles. The number of hydrogen-bond acceptors (Lipinski definition) is 6. The molecule has 2 rings (SSSR count). The fourth-order valence-electron chi connectivity index (χ4n) is 1.98. The maximum atomic E-state index is 9.95. The molecule has 23 heavy (non-hydrogen) atoms. The molecule has 0 aliphatic rings. The van der Waals surface area contributed by atoms with Crippen LogP contribution in [0.2, 0.25) is 0 Å². The number of ether oxygens (including phenoxy) is 1. The Morgan fingerprint density at radius 3 is 2.17 bits per heavy atom. The molecule has 0 radical (unpaired) electrons. The summed E-state index contributed by atoms with van der Waals surface area (Å²) in [5.41, 5.74) is 0. The lowest BCUT2D eigenvalue weighted by molar-refractivity contribution is -0.0332. The molecule has 2 aromatic carbocycles. The lowest BCUT2D eigenvalue weighted by Crippen LogP contribution is -2.18. The smallest absolute Gasteiger partial charge is 0.197 e. The van der Waals surface area contributed by atoms with Crippen LogP contribution in [0.25, 0.3) is 0 Å². The van der Waals surface area contributed by atoms with Gasteiger partial charge in [-0.15, -0.1) is 0 Å². The van der Waals surface area contributed by atoms with E-state index in [1.165, 1.54) is 36.0 Å². The van der Waals surface area contributed by atoms with Crippen molar-refractivity contribution in [2.75, 3.05) is 0 Å². The van der Waals surface area contributed by atoms with Crippen LogP contribution in [0.15, 0.2) is 46.2 Å². The monoisotopic (exact) mass is 336 g/mol. The Labute approximate surface area is 139 Å². The summed E-state index contributed by atoms with van der Waals surface area (Å²) in [6.45, 7) is 3.94. The fourth-order valence-corrected chi connectivity index (χ4v) is 2.86. The maximum Gasteiger partial charge on any atom is 0.197 e. The van der Waals surface area contributed by atoms with E-state index in [-0.39, 0.29) is 23.2 Å². The maximum absolute atomic E-state index is 9.95. The Kier molecular flexibility index (Phi) is 5.63. The minimum Gasteiger partial charge on any atom is -0.508 e. The second-order valence-corrected chi connectivity index (χ2v) is 6.67. The molecule has 0 saturated heterocycles. The normalized spacial score (nSPS) is 12.3. The van der Waals surface area contributed by atoms with Gasteiger partial charge in [-0.2, -0.15) is 0 Å². The van der Waals surface area contributed by atoms with E-state index >= 15 is 0 Å². The zero-order valence-electron chi connectivity index (χ0n) is 12.9. The van der Waals surface area contributed by atoms with E-state index in [9.17, 15) is 20.4 Å². The van der Waals surface area contributed by atoms with Gasteiger partial charge in [0.1, 0.15) is 23.0 Å². The fraction of sp³-hybridized carbons (Fsp3) is 0.294. The van der Waals surface area contributed by atoms with Gasteiger partial charge in [-0.1, -0.05) is 25.6 Å². The van der Waals surface area contributed by atoms with Gasteiger partial charge in [0.15, 0.2) is 6.29 Å². The zero-order valence-corrected chi connectivity index (χ0v) is 13.7. The SMILES string of the molecule is CC(C)CC(O)Oc1cc(O)ccc1Sc1ccc(O)cc1O. The van der Waals surface area contributed by atoms with Crippen LogP contribution in [0, 0.1) is 5.92 Å². The summed E-state index contributed by atoms with van der Waals surface area (Å²) in [5.74, 6) is 0.532. The third-order valence-electron chi connectivity index (χ3n) is 3.03. The highest BCUT2D eigenvalue weighted by atomic mass is 32.2. The number of aromatic hydroxyl groups is 3. The van der Waals surface area contributed by atoms with E-state index in [0.717, 1.165) is 0 Å². The van der Waals surface area contributed by atoms with Crippen LogP contribution in [0.4, 0.5) is 0 Å².